The molecule has 0 aliphatic rings. The highest BCUT2D eigenvalue weighted by molar-refractivity contribution is 5.94. The Balaban J connectivity index is 3.08. The molecule has 0 unspecified atom stereocenters. The van der Waals surface area contributed by atoms with E-state index in [9.17, 15) is 26.7 Å². The van der Waals surface area contributed by atoms with E-state index < -0.39 is 30.0 Å². The van der Waals surface area contributed by atoms with Gasteiger partial charge >= 0.3 is 12.1 Å². The third kappa shape index (κ3) is 2.92. The van der Waals surface area contributed by atoms with Crippen LogP contribution in [0.25, 0.3) is 0 Å². The number of rotatable bonds is 3. The average Bonchev–Trinajstić information content (AvgIpc) is 2.15. The van der Waals surface area contributed by atoms with Gasteiger partial charge in [0.05, 0.1) is 0 Å². The number of nitrogens with two attached hydrogens (primary N) is 1. The molecule has 0 saturated heterocycles. The third-order valence-electron chi connectivity index (χ3n) is 2.11. The molecule has 1 aromatic rings. The molecule has 0 atom stereocenters. The molecular formula is C10H8F5NO. The summed E-state index contributed by atoms with van der Waals surface area (Å²) in [5.74, 6) is -5.93. The lowest BCUT2D eigenvalue weighted by Gasteiger charge is -2.20. The fraction of sp³-hybridized carbons (Fsp3) is 0.300. The van der Waals surface area contributed by atoms with Crippen LogP contribution in [0.1, 0.15) is 15.9 Å². The molecule has 1 rings (SSSR count). The van der Waals surface area contributed by atoms with Crippen LogP contribution < -0.4 is 5.73 Å². The van der Waals surface area contributed by atoms with Gasteiger partial charge in [0.1, 0.15) is 0 Å². The van der Waals surface area contributed by atoms with Crippen molar-refractivity contribution >= 4 is 5.91 Å². The highest BCUT2D eigenvalue weighted by atomic mass is 19.4. The molecular weight excluding hydrogens is 245 g/mol. The van der Waals surface area contributed by atoms with Crippen LogP contribution in [0, 0.1) is 0 Å². The SMILES string of the molecule is NC(=O)c1ccccc1CC(F)(F)C(F)(F)F. The van der Waals surface area contributed by atoms with Crippen molar-refractivity contribution in [1.82, 2.24) is 0 Å². The maximum Gasteiger partial charge on any atom is 0.453 e. The van der Waals surface area contributed by atoms with Crippen LogP contribution in [0.5, 0.6) is 0 Å². The Morgan fingerprint density at radius 3 is 2.12 bits per heavy atom. The van der Waals surface area contributed by atoms with Crippen molar-refractivity contribution in [3.05, 3.63) is 35.4 Å². The van der Waals surface area contributed by atoms with Gasteiger partial charge in [-0.05, 0) is 11.6 Å². The Labute approximate surface area is 93.2 Å². The molecule has 2 nitrogen and oxygen atoms in total. The summed E-state index contributed by atoms with van der Waals surface area (Å²) in [6.07, 6.45) is -7.26. The van der Waals surface area contributed by atoms with Crippen molar-refractivity contribution in [2.45, 2.75) is 18.5 Å². The van der Waals surface area contributed by atoms with E-state index in [1.165, 1.54) is 12.1 Å². The van der Waals surface area contributed by atoms with Crippen molar-refractivity contribution < 1.29 is 26.7 Å². The van der Waals surface area contributed by atoms with Crippen molar-refractivity contribution in [2.24, 2.45) is 5.73 Å². The van der Waals surface area contributed by atoms with Crippen LogP contribution in [0.3, 0.4) is 0 Å². The lowest BCUT2D eigenvalue weighted by Crippen LogP contribution is -2.38. The first-order valence-electron chi connectivity index (χ1n) is 4.47. The molecule has 0 aromatic heterocycles. The molecule has 0 aliphatic heterocycles. The standard InChI is InChI=1S/C10H8F5NO/c11-9(12,10(13,14)15)5-6-3-1-2-4-7(6)8(16)17/h1-4H,5H2,(H2,16,17). The first-order valence-corrected chi connectivity index (χ1v) is 4.47. The molecule has 2 N–H and O–H groups in total. The first-order chi connectivity index (χ1) is 7.65. The van der Waals surface area contributed by atoms with Gasteiger partial charge in [-0.25, -0.2) is 0 Å². The fourth-order valence-electron chi connectivity index (χ4n) is 1.25. The van der Waals surface area contributed by atoms with Crippen LogP contribution in [-0.4, -0.2) is 18.0 Å². The molecule has 7 heteroatoms. The normalized spacial score (nSPS) is 12.5. The maximum atomic E-state index is 12.8. The zero-order valence-electron chi connectivity index (χ0n) is 8.39. The number of benzene rings is 1. The quantitative estimate of drug-likeness (QED) is 0.826. The Kier molecular flexibility index (Phi) is 3.40. The Bertz CT molecular complexity index is 427. The largest absolute Gasteiger partial charge is 0.453 e. The predicted octanol–water partition coefficient (Wildman–Crippen LogP) is 2.53. The summed E-state index contributed by atoms with van der Waals surface area (Å²) < 4.78 is 61.5. The second-order valence-electron chi connectivity index (χ2n) is 3.40. The molecule has 0 fully saturated rings. The van der Waals surface area contributed by atoms with E-state index in [0.717, 1.165) is 12.1 Å². The molecule has 1 amide bonds. The molecule has 94 valence electrons. The Morgan fingerprint density at radius 2 is 1.65 bits per heavy atom. The van der Waals surface area contributed by atoms with Crippen LogP contribution >= 0.6 is 0 Å². The van der Waals surface area contributed by atoms with Gasteiger partial charge in [0, 0.05) is 12.0 Å². The number of carbonyl (C=O) groups excluding carboxylic acids is 1. The van der Waals surface area contributed by atoms with Crippen LogP contribution in [0.15, 0.2) is 24.3 Å². The number of hydrogen-bond acceptors (Lipinski definition) is 1. The van der Waals surface area contributed by atoms with Crippen LogP contribution in [0.4, 0.5) is 22.0 Å². The summed E-state index contributed by atoms with van der Waals surface area (Å²) in [6.45, 7) is 0. The summed E-state index contributed by atoms with van der Waals surface area (Å²) in [5, 5.41) is 0. The number of alkyl halides is 5. The number of primary amides is 1. The molecule has 17 heavy (non-hydrogen) atoms. The predicted molar refractivity (Wildman–Crippen MR) is 49.7 cm³/mol. The molecule has 1 aromatic carbocycles. The molecule has 0 saturated carbocycles. The number of hydrogen-bond donors (Lipinski definition) is 1. The molecule has 0 radical (unpaired) electrons. The lowest BCUT2D eigenvalue weighted by atomic mass is 10.0. The van der Waals surface area contributed by atoms with Gasteiger partial charge in [0.15, 0.2) is 0 Å². The lowest BCUT2D eigenvalue weighted by molar-refractivity contribution is -0.281. The van der Waals surface area contributed by atoms with Crippen LogP contribution in [-0.2, 0) is 6.42 Å². The summed E-state index contributed by atoms with van der Waals surface area (Å²) in [5.41, 5.74) is 4.11. The van der Waals surface area contributed by atoms with E-state index >= 15 is 0 Å². The minimum Gasteiger partial charge on any atom is -0.366 e. The topological polar surface area (TPSA) is 43.1 Å². The third-order valence-corrected chi connectivity index (χ3v) is 2.11. The Hall–Kier alpha value is -1.66. The van der Waals surface area contributed by atoms with E-state index in [4.69, 9.17) is 5.73 Å². The second-order valence-corrected chi connectivity index (χ2v) is 3.40. The smallest absolute Gasteiger partial charge is 0.366 e. The number of amides is 1. The van der Waals surface area contributed by atoms with E-state index in [1.54, 1.807) is 0 Å². The second kappa shape index (κ2) is 4.31. The minimum absolute atomic E-state index is 0.337. The van der Waals surface area contributed by atoms with E-state index in [-0.39, 0.29) is 5.56 Å². The zero-order valence-corrected chi connectivity index (χ0v) is 8.39. The highest BCUT2D eigenvalue weighted by Crippen LogP contribution is 2.38. The fourth-order valence-corrected chi connectivity index (χ4v) is 1.25. The van der Waals surface area contributed by atoms with Gasteiger partial charge in [0.25, 0.3) is 0 Å². The van der Waals surface area contributed by atoms with Gasteiger partial charge in [-0.1, -0.05) is 18.2 Å². The maximum absolute atomic E-state index is 12.8. The van der Waals surface area contributed by atoms with Gasteiger partial charge in [-0.3, -0.25) is 4.79 Å². The van der Waals surface area contributed by atoms with Crippen LogP contribution in [0.2, 0.25) is 0 Å². The summed E-state index contributed by atoms with van der Waals surface area (Å²) in [4.78, 5) is 10.9. The van der Waals surface area contributed by atoms with Crippen molar-refractivity contribution in [2.75, 3.05) is 0 Å². The van der Waals surface area contributed by atoms with E-state index in [2.05, 4.69) is 0 Å². The molecule has 0 spiro atoms. The van der Waals surface area contributed by atoms with Gasteiger partial charge in [-0.2, -0.15) is 22.0 Å². The van der Waals surface area contributed by atoms with Crippen molar-refractivity contribution in [3.63, 3.8) is 0 Å². The van der Waals surface area contributed by atoms with Crippen molar-refractivity contribution in [3.8, 4) is 0 Å². The van der Waals surface area contributed by atoms with Crippen molar-refractivity contribution in [1.29, 1.82) is 0 Å². The van der Waals surface area contributed by atoms with Gasteiger partial charge < -0.3 is 5.73 Å². The van der Waals surface area contributed by atoms with E-state index in [1.807, 2.05) is 0 Å². The molecule has 0 bridgehead atoms. The van der Waals surface area contributed by atoms with Gasteiger partial charge in [-0.15, -0.1) is 0 Å². The van der Waals surface area contributed by atoms with E-state index in [0.29, 0.717) is 0 Å². The molecule has 0 heterocycles. The summed E-state index contributed by atoms with van der Waals surface area (Å²) in [7, 11) is 0. The van der Waals surface area contributed by atoms with Gasteiger partial charge in [0.2, 0.25) is 5.91 Å². The summed E-state index contributed by atoms with van der Waals surface area (Å²) in [6, 6.07) is 4.70. The zero-order chi connectivity index (χ0) is 13.3. The highest BCUT2D eigenvalue weighted by Gasteiger charge is 2.57. The summed E-state index contributed by atoms with van der Waals surface area (Å²) >= 11 is 0. The number of carbonyl (C=O) groups is 1. The first kappa shape index (κ1) is 13.4. The number of halogens is 5. The average molecular weight is 253 g/mol. The Morgan fingerprint density at radius 1 is 1.12 bits per heavy atom. The molecule has 0 aliphatic carbocycles. The minimum atomic E-state index is -5.66. The monoisotopic (exact) mass is 253 g/mol.